The van der Waals surface area contributed by atoms with Gasteiger partial charge >= 0.3 is 0 Å². The summed E-state index contributed by atoms with van der Waals surface area (Å²) in [4.78, 5) is 24.5. The largest absolute Gasteiger partial charge is 0.467 e. The second-order valence-electron chi connectivity index (χ2n) is 4.96. The maximum Gasteiger partial charge on any atom is 0.267 e. The minimum absolute atomic E-state index is 0.128. The molecular formula is C15H14N4O3S3. The number of thiophene rings is 1. The molecule has 0 aliphatic rings. The Morgan fingerprint density at radius 2 is 2.24 bits per heavy atom. The van der Waals surface area contributed by atoms with E-state index < -0.39 is 0 Å². The van der Waals surface area contributed by atoms with Crippen LogP contribution in [0.15, 0.2) is 38.6 Å². The molecule has 0 bridgehead atoms. The van der Waals surface area contributed by atoms with Crippen molar-refractivity contribution in [2.45, 2.75) is 17.8 Å². The average molecular weight is 395 g/mol. The summed E-state index contributed by atoms with van der Waals surface area (Å²) in [6, 6.07) is 5.38. The number of anilines is 1. The lowest BCUT2D eigenvalue weighted by molar-refractivity contribution is -0.118. The van der Waals surface area contributed by atoms with Crippen LogP contribution in [-0.2, 0) is 11.3 Å². The van der Waals surface area contributed by atoms with E-state index in [9.17, 15) is 9.59 Å². The van der Waals surface area contributed by atoms with Crippen molar-refractivity contribution in [3.05, 3.63) is 46.0 Å². The maximum absolute atomic E-state index is 12.1. The highest BCUT2D eigenvalue weighted by atomic mass is 32.2. The van der Waals surface area contributed by atoms with Crippen LogP contribution in [-0.4, -0.2) is 27.8 Å². The molecule has 25 heavy (non-hydrogen) atoms. The number of aryl methyl sites for hydroxylation is 1. The van der Waals surface area contributed by atoms with Crippen molar-refractivity contribution < 1.29 is 14.0 Å². The fraction of sp³-hybridized carbons (Fsp3) is 0.200. The van der Waals surface area contributed by atoms with E-state index in [2.05, 4.69) is 20.8 Å². The fourth-order valence-corrected chi connectivity index (χ4v) is 4.17. The monoisotopic (exact) mass is 394 g/mol. The summed E-state index contributed by atoms with van der Waals surface area (Å²) in [7, 11) is 0. The zero-order chi connectivity index (χ0) is 17.6. The van der Waals surface area contributed by atoms with Crippen LogP contribution in [0.4, 0.5) is 5.13 Å². The molecule has 10 heteroatoms. The van der Waals surface area contributed by atoms with Crippen LogP contribution in [0.3, 0.4) is 0 Å². The van der Waals surface area contributed by atoms with Crippen molar-refractivity contribution in [1.29, 1.82) is 0 Å². The number of amides is 2. The van der Waals surface area contributed by atoms with Gasteiger partial charge in [0.1, 0.15) is 5.76 Å². The minimum Gasteiger partial charge on any atom is -0.467 e. The van der Waals surface area contributed by atoms with E-state index in [1.807, 2.05) is 18.4 Å². The molecular weight excluding hydrogens is 380 g/mol. The second kappa shape index (κ2) is 8.28. The van der Waals surface area contributed by atoms with Gasteiger partial charge in [-0.1, -0.05) is 23.1 Å². The smallest absolute Gasteiger partial charge is 0.267 e. The number of hydrogen-bond donors (Lipinski definition) is 2. The van der Waals surface area contributed by atoms with Gasteiger partial charge in [-0.3, -0.25) is 14.9 Å². The third-order valence-electron chi connectivity index (χ3n) is 2.95. The summed E-state index contributed by atoms with van der Waals surface area (Å²) in [6.07, 6.45) is 1.56. The fourth-order valence-electron chi connectivity index (χ4n) is 1.80. The van der Waals surface area contributed by atoms with Crippen molar-refractivity contribution in [2.75, 3.05) is 11.1 Å². The molecule has 0 radical (unpaired) electrons. The van der Waals surface area contributed by atoms with Gasteiger partial charge in [0, 0.05) is 0 Å². The molecule has 0 fully saturated rings. The Hall–Kier alpha value is -2.17. The number of nitrogens with zero attached hydrogens (tertiary/aromatic N) is 2. The first-order chi connectivity index (χ1) is 12.1. The van der Waals surface area contributed by atoms with Crippen LogP contribution in [0.5, 0.6) is 0 Å². The van der Waals surface area contributed by atoms with E-state index in [1.165, 1.54) is 34.4 Å². The summed E-state index contributed by atoms with van der Waals surface area (Å²) in [6.45, 7) is 2.29. The zero-order valence-corrected chi connectivity index (χ0v) is 15.6. The number of aromatic nitrogens is 2. The molecule has 0 aromatic carbocycles. The molecule has 2 N–H and O–H groups in total. The highest BCUT2D eigenvalue weighted by molar-refractivity contribution is 8.01. The molecule has 0 unspecified atom stereocenters. The molecule has 0 saturated heterocycles. The van der Waals surface area contributed by atoms with Crippen LogP contribution in [0.1, 0.15) is 21.0 Å². The molecule has 0 aliphatic carbocycles. The van der Waals surface area contributed by atoms with E-state index in [1.54, 1.807) is 18.4 Å². The zero-order valence-electron chi connectivity index (χ0n) is 13.1. The average Bonchev–Trinajstić information content (AvgIpc) is 3.33. The van der Waals surface area contributed by atoms with Crippen molar-refractivity contribution in [3.63, 3.8) is 0 Å². The lowest BCUT2D eigenvalue weighted by Crippen LogP contribution is -2.24. The lowest BCUT2D eigenvalue weighted by Gasteiger charge is -2.01. The van der Waals surface area contributed by atoms with Crippen molar-refractivity contribution in [2.24, 2.45) is 0 Å². The summed E-state index contributed by atoms with van der Waals surface area (Å²) in [5.74, 6) is 0.578. The summed E-state index contributed by atoms with van der Waals surface area (Å²) < 4.78 is 5.76. The van der Waals surface area contributed by atoms with E-state index >= 15 is 0 Å². The van der Waals surface area contributed by atoms with E-state index in [-0.39, 0.29) is 17.6 Å². The Labute approximate surface area is 155 Å². The number of furan rings is 1. The Morgan fingerprint density at radius 1 is 1.36 bits per heavy atom. The first-order valence-electron chi connectivity index (χ1n) is 7.22. The van der Waals surface area contributed by atoms with Gasteiger partial charge in [-0.25, -0.2) is 0 Å². The van der Waals surface area contributed by atoms with Crippen LogP contribution in [0.25, 0.3) is 0 Å². The topological polar surface area (TPSA) is 97.1 Å². The first kappa shape index (κ1) is 17.6. The molecule has 3 heterocycles. The van der Waals surface area contributed by atoms with Gasteiger partial charge in [-0.15, -0.1) is 21.5 Å². The molecule has 0 spiro atoms. The summed E-state index contributed by atoms with van der Waals surface area (Å²) in [5.41, 5.74) is 1.05. The molecule has 130 valence electrons. The first-order valence-corrected chi connectivity index (χ1v) is 9.90. The van der Waals surface area contributed by atoms with Gasteiger partial charge in [0.2, 0.25) is 11.0 Å². The molecule has 0 atom stereocenters. The van der Waals surface area contributed by atoms with Crippen LogP contribution >= 0.6 is 34.4 Å². The number of carbonyl (C=O) groups is 2. The maximum atomic E-state index is 12.1. The molecule has 3 aromatic heterocycles. The summed E-state index contributed by atoms with van der Waals surface area (Å²) >= 11 is 3.88. The Balaban J connectivity index is 1.45. The Bertz CT molecular complexity index is 857. The molecule has 3 aromatic rings. The predicted octanol–water partition coefficient (Wildman–Crippen LogP) is 3.16. The highest BCUT2D eigenvalue weighted by Gasteiger charge is 2.13. The van der Waals surface area contributed by atoms with E-state index in [4.69, 9.17) is 4.42 Å². The number of thioether (sulfide) groups is 1. The number of hydrogen-bond acceptors (Lipinski definition) is 8. The SMILES string of the molecule is Cc1csc(C(=O)Nc2nnc(SCC(=O)NCc3ccco3)s2)c1. The van der Waals surface area contributed by atoms with Crippen LogP contribution in [0, 0.1) is 6.92 Å². The summed E-state index contributed by atoms with van der Waals surface area (Å²) in [5, 5.41) is 15.7. The van der Waals surface area contributed by atoms with Crippen molar-refractivity contribution >= 4 is 51.4 Å². The normalized spacial score (nSPS) is 10.6. The molecule has 7 nitrogen and oxygen atoms in total. The second-order valence-corrected chi connectivity index (χ2v) is 8.07. The third kappa shape index (κ3) is 5.15. The Morgan fingerprint density at radius 3 is 2.96 bits per heavy atom. The van der Waals surface area contributed by atoms with Crippen molar-refractivity contribution in [1.82, 2.24) is 15.5 Å². The van der Waals surface area contributed by atoms with E-state index in [0.717, 1.165) is 5.56 Å². The van der Waals surface area contributed by atoms with Gasteiger partial charge in [0.15, 0.2) is 4.34 Å². The highest BCUT2D eigenvalue weighted by Crippen LogP contribution is 2.26. The van der Waals surface area contributed by atoms with Gasteiger partial charge < -0.3 is 9.73 Å². The van der Waals surface area contributed by atoms with Crippen LogP contribution in [0.2, 0.25) is 0 Å². The Kier molecular flexibility index (Phi) is 5.84. The predicted molar refractivity (Wildman–Crippen MR) is 98.2 cm³/mol. The van der Waals surface area contributed by atoms with Crippen LogP contribution < -0.4 is 10.6 Å². The number of nitrogens with one attached hydrogen (secondary N) is 2. The number of rotatable bonds is 7. The van der Waals surface area contributed by atoms with Gasteiger partial charge in [-0.2, -0.15) is 0 Å². The molecule has 3 rings (SSSR count). The third-order valence-corrected chi connectivity index (χ3v) is 5.97. The van der Waals surface area contributed by atoms with Gasteiger partial charge in [-0.05, 0) is 36.1 Å². The van der Waals surface area contributed by atoms with Crippen molar-refractivity contribution in [3.8, 4) is 0 Å². The number of carbonyl (C=O) groups excluding carboxylic acids is 2. The van der Waals surface area contributed by atoms with Gasteiger partial charge in [0.25, 0.3) is 5.91 Å². The molecule has 0 aliphatic heterocycles. The lowest BCUT2D eigenvalue weighted by atomic mass is 10.3. The quantitative estimate of drug-likeness (QED) is 0.472. The minimum atomic E-state index is -0.206. The molecule has 0 saturated carbocycles. The standard InChI is InChI=1S/C15H14N4O3S3/c1-9-5-11(23-7-9)13(21)17-14-18-19-15(25-14)24-8-12(20)16-6-10-3-2-4-22-10/h2-5,7H,6,8H2,1H3,(H,16,20)(H,17,18,21). The van der Waals surface area contributed by atoms with E-state index in [0.29, 0.717) is 26.7 Å². The molecule has 2 amide bonds. The van der Waals surface area contributed by atoms with Gasteiger partial charge in [0.05, 0.1) is 23.4 Å².